The number of nitrogens with zero attached hydrogens (tertiary/aromatic N) is 2. The predicted molar refractivity (Wildman–Crippen MR) is 83.0 cm³/mol. The first kappa shape index (κ1) is 18.7. The Balaban J connectivity index is 0.00000242. The predicted octanol–water partition coefficient (Wildman–Crippen LogP) is 1.07. The van der Waals surface area contributed by atoms with E-state index in [1.165, 1.54) is 4.90 Å². The van der Waals surface area contributed by atoms with E-state index in [0.717, 1.165) is 19.4 Å². The van der Waals surface area contributed by atoms with E-state index in [-0.39, 0.29) is 24.3 Å². The molecule has 0 aromatic rings. The van der Waals surface area contributed by atoms with Gasteiger partial charge in [0.15, 0.2) is 0 Å². The van der Waals surface area contributed by atoms with Gasteiger partial charge in [-0.05, 0) is 39.7 Å². The van der Waals surface area contributed by atoms with Crippen LogP contribution < -0.4 is 5.32 Å². The molecule has 7 nitrogen and oxygen atoms in total. The number of likely N-dealkylation sites (tertiary alicyclic amines) is 1. The van der Waals surface area contributed by atoms with Crippen molar-refractivity contribution in [1.29, 1.82) is 0 Å². The van der Waals surface area contributed by atoms with Gasteiger partial charge in [-0.3, -0.25) is 19.4 Å². The van der Waals surface area contributed by atoms with Crippen molar-refractivity contribution in [1.82, 2.24) is 15.1 Å². The van der Waals surface area contributed by atoms with Crippen LogP contribution in [0.15, 0.2) is 0 Å². The molecule has 2 saturated heterocycles. The Morgan fingerprint density at radius 2 is 2.00 bits per heavy atom. The summed E-state index contributed by atoms with van der Waals surface area (Å²) < 4.78 is 0. The summed E-state index contributed by atoms with van der Waals surface area (Å²) >= 11 is 0. The van der Waals surface area contributed by atoms with Crippen LogP contribution in [0.5, 0.6) is 0 Å². The molecule has 2 fully saturated rings. The molecule has 2 heterocycles. The number of hydrogen-bond acceptors (Lipinski definition) is 4. The number of amides is 3. The minimum Gasteiger partial charge on any atom is -0.480 e. The smallest absolute Gasteiger partial charge is 0.325 e. The fourth-order valence-corrected chi connectivity index (χ4v) is 2.99. The largest absolute Gasteiger partial charge is 0.480 e. The third-order valence-corrected chi connectivity index (χ3v) is 4.17. The van der Waals surface area contributed by atoms with Crippen molar-refractivity contribution >= 4 is 30.3 Å². The quantitative estimate of drug-likeness (QED) is 0.734. The second kappa shape index (κ2) is 7.28. The number of piperidine rings is 1. The lowest BCUT2D eigenvalue weighted by Gasteiger charge is -2.33. The van der Waals surface area contributed by atoms with Crippen LogP contribution >= 0.6 is 12.4 Å². The number of imide groups is 1. The molecular weight excluding hydrogens is 310 g/mol. The van der Waals surface area contributed by atoms with Crippen LogP contribution in [0.4, 0.5) is 4.79 Å². The number of rotatable bonds is 5. The molecule has 8 heteroatoms. The zero-order valence-corrected chi connectivity index (χ0v) is 13.8. The first-order valence-electron chi connectivity index (χ1n) is 7.44. The maximum atomic E-state index is 12.0. The highest BCUT2D eigenvalue weighted by Gasteiger charge is 2.43. The lowest BCUT2D eigenvalue weighted by atomic mass is 10.0. The maximum Gasteiger partial charge on any atom is 0.325 e. The van der Waals surface area contributed by atoms with Crippen molar-refractivity contribution in [2.45, 2.75) is 51.1 Å². The van der Waals surface area contributed by atoms with Crippen molar-refractivity contribution in [3.05, 3.63) is 0 Å². The molecule has 1 unspecified atom stereocenters. The maximum absolute atomic E-state index is 12.0. The van der Waals surface area contributed by atoms with E-state index in [9.17, 15) is 19.5 Å². The number of aliphatic carboxylic acids is 1. The average molecular weight is 334 g/mol. The summed E-state index contributed by atoms with van der Waals surface area (Å²) in [5, 5.41) is 11.8. The van der Waals surface area contributed by atoms with Crippen LogP contribution in [-0.2, 0) is 9.59 Å². The van der Waals surface area contributed by atoms with Gasteiger partial charge in [-0.15, -0.1) is 12.4 Å². The van der Waals surface area contributed by atoms with Gasteiger partial charge in [0, 0.05) is 13.1 Å². The van der Waals surface area contributed by atoms with E-state index in [0.29, 0.717) is 25.9 Å². The van der Waals surface area contributed by atoms with Gasteiger partial charge in [-0.1, -0.05) is 6.42 Å². The van der Waals surface area contributed by atoms with Crippen LogP contribution in [0.3, 0.4) is 0 Å². The first-order chi connectivity index (χ1) is 9.83. The molecule has 1 atom stereocenters. The summed E-state index contributed by atoms with van der Waals surface area (Å²) in [6.07, 6.45) is 3.21. The molecule has 0 aromatic heterocycles. The van der Waals surface area contributed by atoms with E-state index >= 15 is 0 Å². The molecule has 2 aliphatic heterocycles. The van der Waals surface area contributed by atoms with Crippen molar-refractivity contribution in [2.24, 2.45) is 0 Å². The SMILES string of the molecule is CC1(C)NC(=O)N(CCCN2CCCCC2C(=O)O)C1=O.Cl. The molecular formula is C14H24ClN3O4. The van der Waals surface area contributed by atoms with Crippen molar-refractivity contribution in [3.63, 3.8) is 0 Å². The molecule has 3 amide bonds. The molecule has 2 aliphatic rings. The van der Waals surface area contributed by atoms with Gasteiger partial charge in [0.2, 0.25) is 0 Å². The van der Waals surface area contributed by atoms with E-state index in [1.807, 2.05) is 4.90 Å². The van der Waals surface area contributed by atoms with Crippen LogP contribution in [0.25, 0.3) is 0 Å². The Bertz CT molecular complexity index is 455. The van der Waals surface area contributed by atoms with E-state index in [4.69, 9.17) is 0 Å². The summed E-state index contributed by atoms with van der Waals surface area (Å²) in [5.74, 6) is -1.01. The zero-order chi connectivity index (χ0) is 15.6. The van der Waals surface area contributed by atoms with Gasteiger partial charge in [0.1, 0.15) is 11.6 Å². The van der Waals surface area contributed by atoms with Crippen molar-refractivity contribution < 1.29 is 19.5 Å². The number of carboxylic acids is 1. The fraction of sp³-hybridized carbons (Fsp3) is 0.786. The molecule has 0 radical (unpaired) electrons. The highest BCUT2D eigenvalue weighted by molar-refractivity contribution is 6.06. The van der Waals surface area contributed by atoms with Crippen LogP contribution in [-0.4, -0.2) is 64.0 Å². The molecule has 0 bridgehead atoms. The summed E-state index contributed by atoms with van der Waals surface area (Å²) in [6, 6.07) is -0.795. The lowest BCUT2D eigenvalue weighted by molar-refractivity contribution is -0.144. The summed E-state index contributed by atoms with van der Waals surface area (Å²) in [6.45, 7) is 5.05. The Hall–Kier alpha value is -1.34. The van der Waals surface area contributed by atoms with Gasteiger partial charge in [-0.2, -0.15) is 0 Å². The summed E-state index contributed by atoms with van der Waals surface area (Å²) in [5.41, 5.74) is -0.841. The number of carbonyl (C=O) groups excluding carboxylic acids is 2. The van der Waals surface area contributed by atoms with Gasteiger partial charge >= 0.3 is 12.0 Å². The van der Waals surface area contributed by atoms with Crippen molar-refractivity contribution in [3.8, 4) is 0 Å². The minimum atomic E-state index is -0.841. The van der Waals surface area contributed by atoms with E-state index in [1.54, 1.807) is 13.8 Å². The molecule has 126 valence electrons. The van der Waals surface area contributed by atoms with E-state index < -0.39 is 17.6 Å². The number of urea groups is 1. The molecule has 0 saturated carbocycles. The van der Waals surface area contributed by atoms with Gasteiger partial charge < -0.3 is 10.4 Å². The molecule has 2 N–H and O–H groups in total. The summed E-state index contributed by atoms with van der Waals surface area (Å²) in [7, 11) is 0. The number of halogens is 1. The molecule has 22 heavy (non-hydrogen) atoms. The Morgan fingerprint density at radius 1 is 1.32 bits per heavy atom. The number of carbonyl (C=O) groups is 3. The second-order valence-electron chi connectivity index (χ2n) is 6.25. The van der Waals surface area contributed by atoms with E-state index in [2.05, 4.69) is 5.32 Å². The van der Waals surface area contributed by atoms with Crippen LogP contribution in [0, 0.1) is 0 Å². The Labute approximate surface area is 136 Å². The number of carboxylic acid groups (broad SMARTS) is 1. The molecule has 0 aromatic carbocycles. The fourth-order valence-electron chi connectivity index (χ4n) is 2.99. The van der Waals surface area contributed by atoms with Gasteiger partial charge in [0.25, 0.3) is 5.91 Å². The second-order valence-corrected chi connectivity index (χ2v) is 6.25. The highest BCUT2D eigenvalue weighted by atomic mass is 35.5. The Kier molecular flexibility index (Phi) is 6.19. The molecule has 0 spiro atoms. The van der Waals surface area contributed by atoms with Gasteiger partial charge in [0.05, 0.1) is 0 Å². The molecule has 0 aliphatic carbocycles. The number of hydrogen-bond donors (Lipinski definition) is 2. The minimum absolute atomic E-state index is 0. The lowest BCUT2D eigenvalue weighted by Crippen LogP contribution is -2.46. The average Bonchev–Trinajstić information content (AvgIpc) is 2.61. The van der Waals surface area contributed by atoms with Crippen molar-refractivity contribution in [2.75, 3.05) is 19.6 Å². The van der Waals surface area contributed by atoms with Crippen LogP contribution in [0.1, 0.15) is 39.5 Å². The Morgan fingerprint density at radius 3 is 2.55 bits per heavy atom. The topological polar surface area (TPSA) is 90.0 Å². The highest BCUT2D eigenvalue weighted by Crippen LogP contribution is 2.19. The first-order valence-corrected chi connectivity index (χ1v) is 7.44. The monoisotopic (exact) mass is 333 g/mol. The third-order valence-electron chi connectivity index (χ3n) is 4.17. The van der Waals surface area contributed by atoms with Crippen LogP contribution in [0.2, 0.25) is 0 Å². The summed E-state index contributed by atoms with van der Waals surface area (Å²) in [4.78, 5) is 38.1. The molecule has 2 rings (SSSR count). The van der Waals surface area contributed by atoms with Gasteiger partial charge in [-0.25, -0.2) is 4.79 Å². The number of nitrogens with one attached hydrogen (secondary N) is 1. The third kappa shape index (κ3) is 3.89. The standard InChI is InChI=1S/C14H23N3O4.ClH/c1-14(2)12(20)17(13(21)15-14)9-5-8-16-7-4-3-6-10(16)11(18)19;/h10H,3-9H2,1-2H3,(H,15,21)(H,18,19);1H. The normalized spacial score (nSPS) is 24.8. The zero-order valence-electron chi connectivity index (χ0n) is 13.0.